The smallest absolute Gasteiger partial charge is 0.349 e. The number of benzene rings is 2. The lowest BCUT2D eigenvalue weighted by molar-refractivity contribution is -0.383. The number of carbonyl (C=O) groups excluding carboxylic acids is 1. The molecular formula is C23H22N2O5. The van der Waals surface area contributed by atoms with Gasteiger partial charge in [-0.2, -0.15) is 0 Å². The van der Waals surface area contributed by atoms with Gasteiger partial charge in [0.1, 0.15) is 5.56 Å². The molecule has 2 aromatic carbocycles. The van der Waals surface area contributed by atoms with Gasteiger partial charge in [-0.05, 0) is 42.5 Å². The molecule has 3 aromatic rings. The fourth-order valence-corrected chi connectivity index (χ4v) is 4.01. The Balaban J connectivity index is 1.72. The summed E-state index contributed by atoms with van der Waals surface area (Å²) in [5.41, 5.74) is 0.312. The maximum Gasteiger partial charge on any atom is 0.349 e. The van der Waals surface area contributed by atoms with Crippen molar-refractivity contribution in [3.05, 3.63) is 85.8 Å². The van der Waals surface area contributed by atoms with Crippen LogP contribution in [0.1, 0.15) is 53.6 Å². The fourth-order valence-electron chi connectivity index (χ4n) is 4.01. The number of amides is 1. The number of nitro benzene ring substituents is 1. The molecule has 0 saturated heterocycles. The first-order chi connectivity index (χ1) is 14.5. The number of nitro groups is 1. The van der Waals surface area contributed by atoms with Crippen LogP contribution in [-0.4, -0.2) is 16.9 Å². The highest BCUT2D eigenvalue weighted by Gasteiger charge is 2.23. The molecule has 1 heterocycles. The van der Waals surface area contributed by atoms with Crippen molar-refractivity contribution in [2.24, 2.45) is 0 Å². The minimum atomic E-state index is -0.866. The zero-order valence-corrected chi connectivity index (χ0v) is 16.4. The van der Waals surface area contributed by atoms with Gasteiger partial charge in [0.2, 0.25) is 5.58 Å². The number of nitrogens with zero attached hydrogens (tertiary/aromatic N) is 1. The molecule has 30 heavy (non-hydrogen) atoms. The van der Waals surface area contributed by atoms with E-state index in [4.69, 9.17) is 4.42 Å². The molecule has 0 unspecified atom stereocenters. The molecule has 1 aliphatic rings. The van der Waals surface area contributed by atoms with Crippen molar-refractivity contribution in [1.29, 1.82) is 0 Å². The predicted octanol–water partition coefficient (Wildman–Crippen LogP) is 4.35. The normalized spacial score (nSPS) is 14.5. The third kappa shape index (κ3) is 4.25. The van der Waals surface area contributed by atoms with E-state index in [1.54, 1.807) is 6.07 Å². The molecule has 0 bridgehead atoms. The average molecular weight is 406 g/mol. The number of fused-ring (bicyclic) bond motifs is 1. The van der Waals surface area contributed by atoms with Crippen LogP contribution in [0.25, 0.3) is 11.0 Å². The largest absolute Gasteiger partial charge is 0.415 e. The van der Waals surface area contributed by atoms with E-state index >= 15 is 0 Å². The van der Waals surface area contributed by atoms with Gasteiger partial charge in [-0.15, -0.1) is 0 Å². The molecule has 1 aromatic heterocycles. The van der Waals surface area contributed by atoms with E-state index in [1.807, 2.05) is 30.3 Å². The molecule has 7 nitrogen and oxygen atoms in total. The molecule has 1 aliphatic carbocycles. The van der Waals surface area contributed by atoms with E-state index in [-0.39, 0.29) is 22.9 Å². The molecule has 0 aliphatic heterocycles. The van der Waals surface area contributed by atoms with Crippen LogP contribution in [0.4, 0.5) is 5.69 Å². The zero-order chi connectivity index (χ0) is 21.1. The number of carbonyl (C=O) groups is 1. The molecule has 1 saturated carbocycles. The summed E-state index contributed by atoms with van der Waals surface area (Å²) in [6, 6.07) is 14.2. The Morgan fingerprint density at radius 1 is 1.07 bits per heavy atom. The molecular weight excluding hydrogens is 384 g/mol. The van der Waals surface area contributed by atoms with Crippen molar-refractivity contribution < 1.29 is 14.1 Å². The lowest BCUT2D eigenvalue weighted by Crippen LogP contribution is -2.38. The van der Waals surface area contributed by atoms with Gasteiger partial charge in [-0.3, -0.25) is 14.9 Å². The van der Waals surface area contributed by atoms with E-state index in [0.717, 1.165) is 37.7 Å². The Bertz CT molecular complexity index is 1150. The summed E-state index contributed by atoms with van der Waals surface area (Å²) in [6.45, 7) is 0. The maximum absolute atomic E-state index is 12.7. The highest BCUT2D eigenvalue weighted by Crippen LogP contribution is 2.28. The Morgan fingerprint density at radius 3 is 2.50 bits per heavy atom. The quantitative estimate of drug-likeness (QED) is 0.385. The SMILES string of the molecule is O=C(NC1CCCCC1)c1cc2cc(Cc3ccccc3)cc([N+](=O)[O-])c2oc1=O. The molecule has 7 heteroatoms. The fraction of sp³-hybridized carbons (Fsp3) is 0.304. The number of nitrogens with one attached hydrogen (secondary N) is 1. The molecule has 0 radical (unpaired) electrons. The third-order valence-electron chi connectivity index (χ3n) is 5.51. The van der Waals surface area contributed by atoms with Crippen LogP contribution in [0, 0.1) is 10.1 Å². The van der Waals surface area contributed by atoms with Gasteiger partial charge in [0.25, 0.3) is 5.91 Å². The standard InChI is InChI=1S/C23H22N2O5/c26-22(24-18-9-5-2-6-10-18)19-14-17-12-16(11-15-7-3-1-4-8-15)13-20(25(28)29)21(17)30-23(19)27/h1,3-4,7-8,12-14,18H,2,5-6,9-11H2,(H,24,26). The summed E-state index contributed by atoms with van der Waals surface area (Å²) < 4.78 is 5.24. The Hall–Kier alpha value is -3.48. The summed E-state index contributed by atoms with van der Waals surface area (Å²) in [4.78, 5) is 36.1. The predicted molar refractivity (Wildman–Crippen MR) is 113 cm³/mol. The number of hydrogen-bond acceptors (Lipinski definition) is 5. The van der Waals surface area contributed by atoms with Crippen LogP contribution in [0.5, 0.6) is 0 Å². The van der Waals surface area contributed by atoms with E-state index in [9.17, 15) is 19.7 Å². The van der Waals surface area contributed by atoms with Gasteiger partial charge in [-0.25, -0.2) is 4.79 Å². The number of rotatable bonds is 5. The van der Waals surface area contributed by atoms with E-state index in [1.165, 1.54) is 12.1 Å². The Morgan fingerprint density at radius 2 is 1.80 bits per heavy atom. The second-order valence-electron chi connectivity index (χ2n) is 7.71. The topological polar surface area (TPSA) is 102 Å². The molecule has 0 spiro atoms. The second-order valence-corrected chi connectivity index (χ2v) is 7.71. The number of non-ortho nitro benzene ring substituents is 1. The lowest BCUT2D eigenvalue weighted by atomic mass is 9.95. The number of hydrogen-bond donors (Lipinski definition) is 1. The van der Waals surface area contributed by atoms with Crippen molar-refractivity contribution in [1.82, 2.24) is 5.32 Å². The van der Waals surface area contributed by atoms with E-state index < -0.39 is 16.5 Å². The third-order valence-corrected chi connectivity index (χ3v) is 5.51. The average Bonchev–Trinajstić information content (AvgIpc) is 2.74. The summed E-state index contributed by atoms with van der Waals surface area (Å²) in [6.07, 6.45) is 5.51. The first-order valence-electron chi connectivity index (χ1n) is 10.1. The summed E-state index contributed by atoms with van der Waals surface area (Å²) in [5.74, 6) is -0.492. The highest BCUT2D eigenvalue weighted by molar-refractivity contribution is 5.98. The maximum atomic E-state index is 12.7. The van der Waals surface area contributed by atoms with Crippen molar-refractivity contribution >= 4 is 22.6 Å². The van der Waals surface area contributed by atoms with Gasteiger partial charge >= 0.3 is 11.3 Å². The summed E-state index contributed by atoms with van der Waals surface area (Å²) in [7, 11) is 0. The van der Waals surface area contributed by atoms with Crippen LogP contribution in [0.3, 0.4) is 0 Å². The van der Waals surface area contributed by atoms with Crippen LogP contribution in [0.2, 0.25) is 0 Å². The van der Waals surface area contributed by atoms with Crippen molar-refractivity contribution in [3.63, 3.8) is 0 Å². The first kappa shape index (κ1) is 19.8. The molecule has 1 fully saturated rings. The van der Waals surface area contributed by atoms with E-state index in [2.05, 4.69) is 5.32 Å². The molecule has 4 rings (SSSR count). The van der Waals surface area contributed by atoms with Gasteiger partial charge in [0, 0.05) is 17.5 Å². The van der Waals surface area contributed by atoms with Crippen molar-refractivity contribution in [3.8, 4) is 0 Å². The lowest BCUT2D eigenvalue weighted by Gasteiger charge is -2.22. The van der Waals surface area contributed by atoms with Crippen molar-refractivity contribution in [2.45, 2.75) is 44.6 Å². The molecule has 0 atom stereocenters. The second kappa shape index (κ2) is 8.49. The summed E-state index contributed by atoms with van der Waals surface area (Å²) in [5, 5.41) is 14.8. The van der Waals surface area contributed by atoms with Gasteiger partial charge < -0.3 is 9.73 Å². The van der Waals surface area contributed by atoms with Crippen LogP contribution >= 0.6 is 0 Å². The molecule has 1 amide bonds. The minimum Gasteiger partial charge on any atom is -0.415 e. The van der Waals surface area contributed by atoms with Gasteiger partial charge in [-0.1, -0.05) is 49.6 Å². The van der Waals surface area contributed by atoms with Crippen LogP contribution < -0.4 is 10.9 Å². The molecule has 154 valence electrons. The zero-order valence-electron chi connectivity index (χ0n) is 16.4. The Kier molecular flexibility index (Phi) is 5.61. The van der Waals surface area contributed by atoms with Gasteiger partial charge in [0.15, 0.2) is 0 Å². The van der Waals surface area contributed by atoms with E-state index in [0.29, 0.717) is 17.4 Å². The van der Waals surface area contributed by atoms with Gasteiger partial charge in [0.05, 0.1) is 4.92 Å². The summed E-state index contributed by atoms with van der Waals surface area (Å²) >= 11 is 0. The van der Waals surface area contributed by atoms with Crippen molar-refractivity contribution in [2.75, 3.05) is 0 Å². The Labute approximate surface area is 172 Å². The highest BCUT2D eigenvalue weighted by atomic mass is 16.6. The monoisotopic (exact) mass is 406 g/mol. The minimum absolute atomic E-state index is 0.0418. The molecule has 1 N–H and O–H groups in total. The van der Waals surface area contributed by atoms with Crippen LogP contribution in [0.15, 0.2) is 57.7 Å². The van der Waals surface area contributed by atoms with Crippen LogP contribution in [-0.2, 0) is 6.42 Å². The first-order valence-corrected chi connectivity index (χ1v) is 10.1.